The highest BCUT2D eigenvalue weighted by Gasteiger charge is 2.43. The van der Waals surface area contributed by atoms with Gasteiger partial charge in [-0.05, 0) is 36.7 Å². The van der Waals surface area contributed by atoms with Gasteiger partial charge in [-0.25, -0.2) is 14.6 Å². The molecule has 1 atom stereocenters. The first-order valence-electron chi connectivity index (χ1n) is 7.64. The summed E-state index contributed by atoms with van der Waals surface area (Å²) < 4.78 is 17.3. The number of hydrogen-bond acceptors (Lipinski definition) is 7. The monoisotopic (exact) mass is 436 g/mol. The van der Waals surface area contributed by atoms with Gasteiger partial charge in [-0.3, -0.25) is 0 Å². The molecule has 25 heavy (non-hydrogen) atoms. The SMILES string of the molecule is CC(C)(C)OC(=O)N1CCOCC(OCC(=O)O)(c2nc(Br)cs2)C1. The van der Waals surface area contributed by atoms with Crippen LogP contribution in [0.15, 0.2) is 9.98 Å². The fourth-order valence-electron chi connectivity index (χ4n) is 2.27. The Balaban J connectivity index is 2.29. The second-order valence-electron chi connectivity index (χ2n) is 6.61. The fraction of sp³-hybridized carbons (Fsp3) is 0.667. The fourth-order valence-corrected chi connectivity index (χ4v) is 3.65. The maximum atomic E-state index is 12.5. The van der Waals surface area contributed by atoms with E-state index < -0.39 is 29.9 Å². The highest BCUT2D eigenvalue weighted by atomic mass is 79.9. The van der Waals surface area contributed by atoms with Gasteiger partial charge >= 0.3 is 12.1 Å². The predicted octanol–water partition coefficient (Wildman–Crippen LogP) is 2.47. The Morgan fingerprint density at radius 3 is 2.80 bits per heavy atom. The van der Waals surface area contributed by atoms with E-state index in [-0.39, 0.29) is 13.2 Å². The third-order valence-electron chi connectivity index (χ3n) is 3.28. The summed E-state index contributed by atoms with van der Waals surface area (Å²) in [7, 11) is 0. The second-order valence-corrected chi connectivity index (χ2v) is 8.28. The molecule has 1 aliphatic heterocycles. The Bertz CT molecular complexity index is 632. The number of aliphatic carboxylic acids is 1. The number of nitrogens with zero attached hydrogens (tertiary/aromatic N) is 2. The summed E-state index contributed by atoms with van der Waals surface area (Å²) in [6, 6.07) is 0. The molecule has 1 saturated heterocycles. The molecule has 8 nitrogen and oxygen atoms in total. The number of aromatic nitrogens is 1. The van der Waals surface area contributed by atoms with Gasteiger partial charge in [0.05, 0.1) is 19.8 Å². The summed E-state index contributed by atoms with van der Waals surface area (Å²) in [5.74, 6) is -1.11. The molecular formula is C15H21BrN2O6S. The third-order valence-corrected chi connectivity index (χ3v) is 5.01. The standard InChI is InChI=1S/C15H21BrN2O6S/c1-14(2,3)24-13(21)18-4-5-22-9-15(8-18,23-6-11(19)20)12-17-10(16)7-25-12/h7H,4-6,8-9H2,1-3H3,(H,19,20). The number of halogens is 1. The highest BCUT2D eigenvalue weighted by Crippen LogP contribution is 2.33. The highest BCUT2D eigenvalue weighted by molar-refractivity contribution is 9.10. The topological polar surface area (TPSA) is 98.2 Å². The van der Waals surface area contributed by atoms with Crippen molar-refractivity contribution in [2.45, 2.75) is 32.0 Å². The molecule has 0 bridgehead atoms. The van der Waals surface area contributed by atoms with E-state index in [4.69, 9.17) is 19.3 Å². The summed E-state index contributed by atoms with van der Waals surface area (Å²) in [5.41, 5.74) is -1.80. The van der Waals surface area contributed by atoms with Gasteiger partial charge < -0.3 is 24.2 Å². The molecular weight excluding hydrogens is 416 g/mol. The summed E-state index contributed by atoms with van der Waals surface area (Å²) in [6.07, 6.45) is -0.503. The summed E-state index contributed by atoms with van der Waals surface area (Å²) in [5, 5.41) is 11.3. The van der Waals surface area contributed by atoms with Gasteiger partial charge in [0.2, 0.25) is 0 Å². The lowest BCUT2D eigenvalue weighted by Gasteiger charge is -2.34. The van der Waals surface area contributed by atoms with Crippen molar-refractivity contribution < 1.29 is 28.9 Å². The van der Waals surface area contributed by atoms with Gasteiger partial charge in [-0.15, -0.1) is 11.3 Å². The molecule has 2 rings (SSSR count). The van der Waals surface area contributed by atoms with E-state index >= 15 is 0 Å². The van der Waals surface area contributed by atoms with Crippen molar-refractivity contribution in [2.75, 3.05) is 32.9 Å². The van der Waals surface area contributed by atoms with Gasteiger partial charge in [0, 0.05) is 11.9 Å². The maximum Gasteiger partial charge on any atom is 0.410 e. The molecule has 1 fully saturated rings. The first-order chi connectivity index (χ1) is 11.6. The van der Waals surface area contributed by atoms with Crippen molar-refractivity contribution in [3.05, 3.63) is 15.0 Å². The zero-order chi connectivity index (χ0) is 18.7. The molecule has 2 heterocycles. The normalized spacial score (nSPS) is 21.7. The number of amides is 1. The molecule has 1 aromatic rings. The molecule has 0 aromatic carbocycles. The van der Waals surface area contributed by atoms with Gasteiger partial charge in [-0.2, -0.15) is 0 Å². The minimum atomic E-state index is -1.16. The number of rotatable bonds is 4. The van der Waals surface area contributed by atoms with Crippen LogP contribution in [0, 0.1) is 0 Å². The lowest BCUT2D eigenvalue weighted by atomic mass is 10.1. The quantitative estimate of drug-likeness (QED) is 0.773. The van der Waals surface area contributed by atoms with Crippen molar-refractivity contribution in [2.24, 2.45) is 0 Å². The van der Waals surface area contributed by atoms with Crippen LogP contribution in [0.1, 0.15) is 25.8 Å². The molecule has 1 amide bonds. The summed E-state index contributed by atoms with van der Waals surface area (Å²) >= 11 is 4.60. The van der Waals surface area contributed by atoms with E-state index in [0.29, 0.717) is 22.8 Å². The first-order valence-corrected chi connectivity index (χ1v) is 9.31. The Labute approximate surface area is 158 Å². The van der Waals surface area contributed by atoms with Crippen molar-refractivity contribution in [3.8, 4) is 0 Å². The van der Waals surface area contributed by atoms with Crippen LogP contribution in [0.5, 0.6) is 0 Å². The lowest BCUT2D eigenvalue weighted by molar-refractivity contribution is -0.156. The zero-order valence-electron chi connectivity index (χ0n) is 14.3. The van der Waals surface area contributed by atoms with Crippen molar-refractivity contribution in [1.82, 2.24) is 9.88 Å². The van der Waals surface area contributed by atoms with Gasteiger partial charge in [0.1, 0.15) is 21.8 Å². The molecule has 1 aromatic heterocycles. The Morgan fingerprint density at radius 2 is 2.24 bits per heavy atom. The van der Waals surface area contributed by atoms with E-state index in [1.165, 1.54) is 16.2 Å². The predicted molar refractivity (Wildman–Crippen MR) is 93.7 cm³/mol. The van der Waals surface area contributed by atoms with Crippen molar-refractivity contribution >= 4 is 39.3 Å². The molecule has 1 N–H and O–H groups in total. The smallest absolute Gasteiger partial charge is 0.410 e. The summed E-state index contributed by atoms with van der Waals surface area (Å²) in [4.78, 5) is 29.3. The summed E-state index contributed by atoms with van der Waals surface area (Å²) in [6.45, 7) is 5.63. The maximum absolute atomic E-state index is 12.5. The van der Waals surface area contributed by atoms with E-state index in [0.717, 1.165) is 0 Å². The minimum Gasteiger partial charge on any atom is -0.480 e. The Hall–Kier alpha value is -1.23. The molecule has 0 aliphatic carbocycles. The molecule has 0 saturated carbocycles. The number of carboxylic acid groups (broad SMARTS) is 1. The first kappa shape index (κ1) is 20.1. The number of ether oxygens (including phenoxy) is 3. The Kier molecular flexibility index (Phi) is 6.41. The van der Waals surface area contributed by atoms with E-state index in [2.05, 4.69) is 20.9 Å². The largest absolute Gasteiger partial charge is 0.480 e. The van der Waals surface area contributed by atoms with Crippen LogP contribution < -0.4 is 0 Å². The molecule has 10 heteroatoms. The van der Waals surface area contributed by atoms with Crippen molar-refractivity contribution in [3.63, 3.8) is 0 Å². The minimum absolute atomic E-state index is 0.0924. The van der Waals surface area contributed by atoms with Crippen molar-refractivity contribution in [1.29, 1.82) is 0 Å². The van der Waals surface area contributed by atoms with Crippen LogP contribution >= 0.6 is 27.3 Å². The average Bonchev–Trinajstić information content (AvgIpc) is 2.81. The van der Waals surface area contributed by atoms with E-state index in [9.17, 15) is 9.59 Å². The van der Waals surface area contributed by atoms with Gasteiger partial charge in [0.15, 0.2) is 5.60 Å². The lowest BCUT2D eigenvalue weighted by Crippen LogP contribution is -2.48. The Morgan fingerprint density at radius 1 is 1.52 bits per heavy atom. The zero-order valence-corrected chi connectivity index (χ0v) is 16.7. The average molecular weight is 437 g/mol. The van der Waals surface area contributed by atoms with Crippen LogP contribution in [0.4, 0.5) is 4.79 Å². The van der Waals surface area contributed by atoms with Crippen LogP contribution in [0.25, 0.3) is 0 Å². The number of hydrogen-bond donors (Lipinski definition) is 1. The number of carbonyl (C=O) groups is 2. The number of thiazole rings is 1. The van der Waals surface area contributed by atoms with Crippen LogP contribution in [0.3, 0.4) is 0 Å². The van der Waals surface area contributed by atoms with Gasteiger partial charge in [-0.1, -0.05) is 0 Å². The number of carbonyl (C=O) groups excluding carboxylic acids is 1. The second kappa shape index (κ2) is 7.98. The van der Waals surface area contributed by atoms with Crippen LogP contribution in [-0.2, 0) is 24.6 Å². The van der Waals surface area contributed by atoms with E-state index in [1.807, 2.05) is 0 Å². The molecule has 1 aliphatic rings. The molecule has 140 valence electrons. The molecule has 0 spiro atoms. The van der Waals surface area contributed by atoms with Crippen LogP contribution in [0.2, 0.25) is 0 Å². The van der Waals surface area contributed by atoms with Crippen LogP contribution in [-0.4, -0.2) is 65.6 Å². The van der Waals surface area contributed by atoms with E-state index in [1.54, 1.807) is 26.2 Å². The molecule has 1 unspecified atom stereocenters. The molecule has 0 radical (unpaired) electrons. The third kappa shape index (κ3) is 5.63. The number of carboxylic acids is 1. The van der Waals surface area contributed by atoms with Gasteiger partial charge in [0.25, 0.3) is 0 Å².